The largest absolute Gasteiger partial charge is 0.486 e. The Morgan fingerprint density at radius 3 is 2.61 bits per heavy atom. The topological polar surface area (TPSA) is 46.1 Å². The summed E-state index contributed by atoms with van der Waals surface area (Å²) in [4.78, 5) is 6.67. The average molecular weight is 392 g/mol. The number of rotatable bonds is 7. The van der Waals surface area contributed by atoms with Gasteiger partial charge >= 0.3 is 0 Å². The molecule has 3 rings (SSSR count). The number of ether oxygens (including phenoxy) is 2. The first kappa shape index (κ1) is 20.9. The Kier molecular flexibility index (Phi) is 7.95. The molecule has 1 N–H and O–H groups in total. The van der Waals surface area contributed by atoms with E-state index in [4.69, 9.17) is 9.47 Å². The fourth-order valence-corrected chi connectivity index (χ4v) is 4.05. The van der Waals surface area contributed by atoms with Crippen LogP contribution in [0.1, 0.15) is 45.4 Å². The molecule has 0 amide bonds. The third-order valence-corrected chi connectivity index (χ3v) is 5.71. The van der Waals surface area contributed by atoms with Crippen molar-refractivity contribution in [3.05, 3.63) is 30.1 Å². The second kappa shape index (κ2) is 10.6. The molecule has 0 spiro atoms. The van der Waals surface area contributed by atoms with Crippen LogP contribution in [0.15, 0.2) is 29.3 Å². The van der Waals surface area contributed by atoms with E-state index in [0.717, 1.165) is 44.4 Å². The van der Waals surface area contributed by atoms with Gasteiger partial charge in [-0.2, -0.15) is 0 Å². The smallest absolute Gasteiger partial charge is 0.193 e. The van der Waals surface area contributed by atoms with Gasteiger partial charge in [0.2, 0.25) is 0 Å². The number of halogens is 1. The van der Waals surface area contributed by atoms with E-state index in [-0.39, 0.29) is 17.7 Å². The van der Waals surface area contributed by atoms with Crippen LogP contribution in [0.2, 0.25) is 0 Å². The number of nitrogens with zero attached hydrogens (tertiary/aromatic N) is 2. The Balaban J connectivity index is 1.37. The highest BCUT2D eigenvalue weighted by atomic mass is 19.1. The van der Waals surface area contributed by atoms with Crippen LogP contribution in [0.5, 0.6) is 5.75 Å². The number of benzene rings is 1. The number of guanidine groups is 1. The lowest BCUT2D eigenvalue weighted by molar-refractivity contribution is 0.000960. The molecule has 156 valence electrons. The van der Waals surface area contributed by atoms with E-state index in [9.17, 15) is 4.39 Å². The molecule has 1 unspecified atom stereocenters. The van der Waals surface area contributed by atoms with Crippen molar-refractivity contribution in [2.45, 2.75) is 57.7 Å². The van der Waals surface area contributed by atoms with Gasteiger partial charge in [0.1, 0.15) is 6.10 Å². The molecule has 1 aliphatic carbocycles. The molecular formula is C22H34FN3O2. The minimum atomic E-state index is -0.335. The van der Waals surface area contributed by atoms with Gasteiger partial charge in [-0.15, -0.1) is 0 Å². The molecule has 6 heteroatoms. The van der Waals surface area contributed by atoms with E-state index in [1.165, 1.54) is 31.7 Å². The molecule has 1 aromatic carbocycles. The summed E-state index contributed by atoms with van der Waals surface area (Å²) in [5.74, 6) is 1.60. The van der Waals surface area contributed by atoms with Crippen molar-refractivity contribution < 1.29 is 13.9 Å². The van der Waals surface area contributed by atoms with Crippen LogP contribution in [-0.4, -0.2) is 56.4 Å². The lowest BCUT2D eigenvalue weighted by Gasteiger charge is -2.34. The van der Waals surface area contributed by atoms with E-state index in [1.54, 1.807) is 25.2 Å². The summed E-state index contributed by atoms with van der Waals surface area (Å²) in [6.45, 7) is 5.31. The number of likely N-dealkylation sites (tertiary alicyclic amines) is 1. The minimum absolute atomic E-state index is 0.166. The Morgan fingerprint density at radius 1 is 1.21 bits per heavy atom. The van der Waals surface area contributed by atoms with Crippen molar-refractivity contribution in [1.29, 1.82) is 0 Å². The fraction of sp³-hybridized carbons (Fsp3) is 0.682. The highest BCUT2D eigenvalue weighted by Crippen LogP contribution is 2.26. The number of aliphatic imine (C=N–C) groups is 1. The number of hydrogen-bond acceptors (Lipinski definition) is 3. The van der Waals surface area contributed by atoms with E-state index in [2.05, 4.69) is 15.2 Å². The molecule has 0 radical (unpaired) electrons. The van der Waals surface area contributed by atoms with Crippen LogP contribution in [0.3, 0.4) is 0 Å². The Hall–Kier alpha value is -1.82. The molecule has 0 aromatic heterocycles. The fourth-order valence-electron chi connectivity index (χ4n) is 4.05. The maximum absolute atomic E-state index is 13.7. The average Bonchev–Trinajstić information content (AvgIpc) is 3.23. The van der Waals surface area contributed by atoms with E-state index in [1.807, 2.05) is 6.92 Å². The molecule has 1 aliphatic heterocycles. The van der Waals surface area contributed by atoms with Gasteiger partial charge in [-0.05, 0) is 50.7 Å². The summed E-state index contributed by atoms with van der Waals surface area (Å²) in [6, 6.07) is 6.49. The summed E-state index contributed by atoms with van der Waals surface area (Å²) in [7, 11) is 1.80. The van der Waals surface area contributed by atoms with Crippen molar-refractivity contribution >= 4 is 5.96 Å². The minimum Gasteiger partial charge on any atom is -0.486 e. The number of para-hydroxylation sites is 1. The van der Waals surface area contributed by atoms with E-state index < -0.39 is 0 Å². The summed E-state index contributed by atoms with van der Waals surface area (Å²) < 4.78 is 25.6. The zero-order valence-electron chi connectivity index (χ0n) is 17.2. The second-order valence-electron chi connectivity index (χ2n) is 7.96. The van der Waals surface area contributed by atoms with Gasteiger partial charge < -0.3 is 19.7 Å². The summed E-state index contributed by atoms with van der Waals surface area (Å²) in [6.07, 6.45) is 7.69. The van der Waals surface area contributed by atoms with Gasteiger partial charge in [0, 0.05) is 26.7 Å². The van der Waals surface area contributed by atoms with Crippen molar-refractivity contribution in [3.63, 3.8) is 0 Å². The van der Waals surface area contributed by atoms with Crippen molar-refractivity contribution in [1.82, 2.24) is 10.2 Å². The van der Waals surface area contributed by atoms with Gasteiger partial charge in [0.05, 0.1) is 12.6 Å². The molecule has 0 bridgehead atoms. The molecule has 28 heavy (non-hydrogen) atoms. The molecule has 1 saturated heterocycles. The van der Waals surface area contributed by atoms with E-state index in [0.29, 0.717) is 12.6 Å². The zero-order chi connectivity index (χ0) is 19.8. The van der Waals surface area contributed by atoms with Crippen LogP contribution in [-0.2, 0) is 4.74 Å². The maximum atomic E-state index is 13.7. The van der Waals surface area contributed by atoms with Gasteiger partial charge in [-0.1, -0.05) is 25.0 Å². The quantitative estimate of drug-likeness (QED) is 0.567. The second-order valence-corrected chi connectivity index (χ2v) is 7.96. The standard InChI is InChI=1S/C22H34FN3O2/c1-17(28-21-10-6-5-9-20(21)23)15-25-22(24-2)26-13-11-19(12-14-26)27-16-18-7-3-4-8-18/h5-6,9-10,17-19H,3-4,7-8,11-16H2,1-2H3,(H,24,25). The monoisotopic (exact) mass is 391 g/mol. The van der Waals surface area contributed by atoms with Crippen molar-refractivity contribution in [2.75, 3.05) is 33.3 Å². The third-order valence-electron chi connectivity index (χ3n) is 5.71. The molecule has 5 nitrogen and oxygen atoms in total. The van der Waals surface area contributed by atoms with Gasteiger partial charge in [-0.25, -0.2) is 4.39 Å². The zero-order valence-corrected chi connectivity index (χ0v) is 17.2. The lowest BCUT2D eigenvalue weighted by Crippen LogP contribution is -2.48. The first-order valence-electron chi connectivity index (χ1n) is 10.6. The Bertz CT molecular complexity index is 626. The predicted octanol–water partition coefficient (Wildman–Crippen LogP) is 3.84. The SMILES string of the molecule is CN=C(NCC(C)Oc1ccccc1F)N1CCC(OCC2CCCC2)CC1. The number of piperidine rings is 1. The molecule has 1 atom stereocenters. The van der Waals surface area contributed by atoms with Crippen LogP contribution < -0.4 is 10.1 Å². The van der Waals surface area contributed by atoms with Crippen LogP contribution in [0.4, 0.5) is 4.39 Å². The third kappa shape index (κ3) is 6.09. The van der Waals surface area contributed by atoms with Crippen LogP contribution >= 0.6 is 0 Å². The van der Waals surface area contributed by atoms with Crippen LogP contribution in [0.25, 0.3) is 0 Å². The van der Waals surface area contributed by atoms with E-state index >= 15 is 0 Å². The van der Waals surface area contributed by atoms with Crippen molar-refractivity contribution in [2.24, 2.45) is 10.9 Å². The Morgan fingerprint density at radius 2 is 1.93 bits per heavy atom. The molecule has 1 heterocycles. The Labute approximate surface area is 168 Å². The van der Waals surface area contributed by atoms with Crippen molar-refractivity contribution in [3.8, 4) is 5.75 Å². The van der Waals surface area contributed by atoms with Gasteiger partial charge in [-0.3, -0.25) is 4.99 Å². The molecule has 1 aromatic rings. The summed E-state index contributed by atoms with van der Waals surface area (Å²) in [5.41, 5.74) is 0. The molecule has 2 fully saturated rings. The highest BCUT2D eigenvalue weighted by Gasteiger charge is 2.24. The number of hydrogen-bond donors (Lipinski definition) is 1. The molecular weight excluding hydrogens is 357 g/mol. The lowest BCUT2D eigenvalue weighted by atomic mass is 10.1. The first-order valence-corrected chi connectivity index (χ1v) is 10.6. The molecule has 1 saturated carbocycles. The van der Waals surface area contributed by atoms with Crippen LogP contribution in [0, 0.1) is 11.7 Å². The highest BCUT2D eigenvalue weighted by molar-refractivity contribution is 5.80. The summed E-state index contributed by atoms with van der Waals surface area (Å²) >= 11 is 0. The first-order chi connectivity index (χ1) is 13.7. The summed E-state index contributed by atoms with van der Waals surface area (Å²) in [5, 5.41) is 3.36. The normalized spacial score (nSPS) is 20.4. The molecule has 2 aliphatic rings. The van der Waals surface area contributed by atoms with Gasteiger partial charge in [0.15, 0.2) is 17.5 Å². The number of nitrogens with one attached hydrogen (secondary N) is 1. The maximum Gasteiger partial charge on any atom is 0.193 e. The predicted molar refractivity (Wildman–Crippen MR) is 110 cm³/mol. The van der Waals surface area contributed by atoms with Gasteiger partial charge in [0.25, 0.3) is 0 Å².